The van der Waals surface area contributed by atoms with E-state index in [4.69, 9.17) is 9.15 Å². The first-order valence-electron chi connectivity index (χ1n) is 10.7. The zero-order chi connectivity index (χ0) is 18.7. The Morgan fingerprint density at radius 3 is 2.68 bits per heavy atom. The number of nitrogens with zero attached hydrogens (tertiary/aromatic N) is 2. The molecule has 1 unspecified atom stereocenters. The van der Waals surface area contributed by atoms with E-state index >= 15 is 0 Å². The van der Waals surface area contributed by atoms with E-state index in [-0.39, 0.29) is 30.0 Å². The summed E-state index contributed by atoms with van der Waals surface area (Å²) in [6.45, 7) is 4.78. The third kappa shape index (κ3) is 7.55. The summed E-state index contributed by atoms with van der Waals surface area (Å²) in [4.78, 5) is 6.89. The second kappa shape index (κ2) is 13.4. The van der Waals surface area contributed by atoms with Gasteiger partial charge in [0.15, 0.2) is 5.96 Å². The first-order chi connectivity index (χ1) is 13.4. The van der Waals surface area contributed by atoms with Crippen LogP contribution >= 0.6 is 24.0 Å². The fourth-order valence-corrected chi connectivity index (χ4v) is 4.12. The number of nitrogens with one attached hydrogen (secondary N) is 2. The average Bonchev–Trinajstić information content (AvgIpc) is 3.41. The first kappa shape index (κ1) is 23.5. The number of likely N-dealkylation sites (tertiary alicyclic amines) is 1. The Labute approximate surface area is 186 Å². The van der Waals surface area contributed by atoms with Gasteiger partial charge < -0.3 is 19.8 Å². The van der Waals surface area contributed by atoms with Gasteiger partial charge in [0.25, 0.3) is 0 Å². The van der Waals surface area contributed by atoms with Crippen molar-refractivity contribution in [1.82, 2.24) is 15.5 Å². The lowest BCUT2D eigenvalue weighted by molar-refractivity contribution is 0.0574. The number of hydrogen-bond acceptors (Lipinski definition) is 4. The average molecular weight is 504 g/mol. The van der Waals surface area contributed by atoms with E-state index in [2.05, 4.69) is 26.6 Å². The highest BCUT2D eigenvalue weighted by Gasteiger charge is 2.24. The van der Waals surface area contributed by atoms with Crippen molar-refractivity contribution in [2.45, 2.75) is 63.5 Å². The number of aliphatic imine (C=N–C) groups is 1. The van der Waals surface area contributed by atoms with E-state index in [1.54, 1.807) is 6.26 Å². The number of guanidine groups is 1. The molecule has 0 aromatic carbocycles. The van der Waals surface area contributed by atoms with E-state index in [1.807, 2.05) is 13.1 Å². The summed E-state index contributed by atoms with van der Waals surface area (Å²) in [5, 5.41) is 6.89. The second-order valence-corrected chi connectivity index (χ2v) is 7.64. The van der Waals surface area contributed by atoms with Gasteiger partial charge in [-0.2, -0.15) is 0 Å². The lowest BCUT2D eigenvalue weighted by atomic mass is 10.1. The Kier molecular flexibility index (Phi) is 11.3. The van der Waals surface area contributed by atoms with E-state index in [1.165, 1.54) is 44.9 Å². The predicted molar refractivity (Wildman–Crippen MR) is 124 cm³/mol. The van der Waals surface area contributed by atoms with Crippen LogP contribution in [0.4, 0.5) is 0 Å². The summed E-state index contributed by atoms with van der Waals surface area (Å²) in [6, 6.07) is 4.31. The molecule has 2 fully saturated rings. The van der Waals surface area contributed by atoms with Crippen molar-refractivity contribution in [2.75, 3.05) is 39.8 Å². The third-order valence-electron chi connectivity index (χ3n) is 5.66. The van der Waals surface area contributed by atoms with Crippen LogP contribution in [0.1, 0.15) is 63.2 Å². The molecule has 1 aliphatic carbocycles. The number of rotatable bonds is 9. The smallest absolute Gasteiger partial charge is 0.191 e. The van der Waals surface area contributed by atoms with Crippen LogP contribution in [0.2, 0.25) is 0 Å². The van der Waals surface area contributed by atoms with E-state index in [9.17, 15) is 0 Å². The van der Waals surface area contributed by atoms with Crippen molar-refractivity contribution in [3.8, 4) is 0 Å². The molecule has 160 valence electrons. The Bertz CT molecular complexity index is 541. The fraction of sp³-hybridized carbons (Fsp3) is 0.762. The fourth-order valence-electron chi connectivity index (χ4n) is 4.12. The molecule has 1 aromatic rings. The van der Waals surface area contributed by atoms with Gasteiger partial charge in [-0.3, -0.25) is 9.89 Å². The van der Waals surface area contributed by atoms with E-state index in [0.717, 1.165) is 50.9 Å². The molecule has 1 aromatic heterocycles. The molecule has 6 nitrogen and oxygen atoms in total. The van der Waals surface area contributed by atoms with Gasteiger partial charge in [-0.25, -0.2) is 0 Å². The van der Waals surface area contributed by atoms with Crippen molar-refractivity contribution in [3.05, 3.63) is 24.2 Å². The molecule has 0 bridgehead atoms. The molecule has 3 rings (SSSR count). The van der Waals surface area contributed by atoms with Crippen molar-refractivity contribution < 1.29 is 9.15 Å². The Balaban J connectivity index is 0.00000280. The molecule has 28 heavy (non-hydrogen) atoms. The summed E-state index contributed by atoms with van der Waals surface area (Å²) in [7, 11) is 1.83. The minimum absolute atomic E-state index is 0. The molecular formula is C21H37IN4O2. The highest BCUT2D eigenvalue weighted by Crippen LogP contribution is 2.24. The highest BCUT2D eigenvalue weighted by atomic mass is 127. The minimum atomic E-state index is 0. The molecule has 2 aliphatic rings. The molecule has 1 saturated carbocycles. The van der Waals surface area contributed by atoms with Crippen molar-refractivity contribution in [2.24, 2.45) is 4.99 Å². The zero-order valence-electron chi connectivity index (χ0n) is 17.2. The zero-order valence-corrected chi connectivity index (χ0v) is 19.5. The third-order valence-corrected chi connectivity index (χ3v) is 5.66. The van der Waals surface area contributed by atoms with Gasteiger partial charge in [-0.1, -0.05) is 19.3 Å². The van der Waals surface area contributed by atoms with Crippen molar-refractivity contribution >= 4 is 29.9 Å². The Hall–Kier alpha value is -0.800. The normalized spacial score (nSPS) is 20.0. The van der Waals surface area contributed by atoms with Crippen LogP contribution in [0.25, 0.3) is 0 Å². The van der Waals surface area contributed by atoms with Crippen LogP contribution in [0.5, 0.6) is 0 Å². The van der Waals surface area contributed by atoms with Crippen LogP contribution < -0.4 is 10.6 Å². The molecule has 0 radical (unpaired) electrons. The molecule has 0 spiro atoms. The maximum absolute atomic E-state index is 5.93. The number of halogens is 1. The largest absolute Gasteiger partial charge is 0.468 e. The van der Waals surface area contributed by atoms with Gasteiger partial charge in [0.1, 0.15) is 5.76 Å². The maximum Gasteiger partial charge on any atom is 0.191 e. The Morgan fingerprint density at radius 1 is 1.21 bits per heavy atom. The van der Waals surface area contributed by atoms with Crippen molar-refractivity contribution in [1.29, 1.82) is 0 Å². The molecule has 1 atom stereocenters. The summed E-state index contributed by atoms with van der Waals surface area (Å²) in [5.41, 5.74) is 0. The monoisotopic (exact) mass is 504 g/mol. The van der Waals surface area contributed by atoms with Crippen LogP contribution in [-0.4, -0.2) is 56.8 Å². The van der Waals surface area contributed by atoms with Gasteiger partial charge >= 0.3 is 0 Å². The summed E-state index contributed by atoms with van der Waals surface area (Å²) in [5.74, 6) is 1.88. The number of furan rings is 1. The van der Waals surface area contributed by atoms with E-state index in [0.29, 0.717) is 6.10 Å². The van der Waals surface area contributed by atoms with Crippen LogP contribution in [0.15, 0.2) is 27.8 Å². The summed E-state index contributed by atoms with van der Waals surface area (Å²) >= 11 is 0. The SMILES string of the molecule is CN=C(NCCCOC1CCCC1)NCC(c1ccco1)N1CCCCC1.I. The van der Waals surface area contributed by atoms with Crippen LogP contribution in [0.3, 0.4) is 0 Å². The Morgan fingerprint density at radius 2 is 2.00 bits per heavy atom. The molecule has 2 N–H and O–H groups in total. The second-order valence-electron chi connectivity index (χ2n) is 7.64. The molecular weight excluding hydrogens is 467 g/mol. The number of hydrogen-bond donors (Lipinski definition) is 2. The van der Waals surface area contributed by atoms with Crippen LogP contribution in [0, 0.1) is 0 Å². The highest BCUT2D eigenvalue weighted by molar-refractivity contribution is 14.0. The molecule has 1 saturated heterocycles. The number of ether oxygens (including phenoxy) is 1. The van der Waals surface area contributed by atoms with Crippen LogP contribution in [-0.2, 0) is 4.74 Å². The lowest BCUT2D eigenvalue weighted by Gasteiger charge is -2.33. The van der Waals surface area contributed by atoms with Gasteiger partial charge in [0.2, 0.25) is 0 Å². The lowest BCUT2D eigenvalue weighted by Crippen LogP contribution is -2.44. The predicted octanol–water partition coefficient (Wildman–Crippen LogP) is 3.94. The molecule has 7 heteroatoms. The quantitative estimate of drug-likeness (QED) is 0.231. The van der Waals surface area contributed by atoms with E-state index < -0.39 is 0 Å². The topological polar surface area (TPSA) is 62.0 Å². The maximum atomic E-state index is 5.93. The van der Waals surface area contributed by atoms with Gasteiger partial charge in [-0.05, 0) is 57.3 Å². The van der Waals surface area contributed by atoms with Gasteiger partial charge in [-0.15, -0.1) is 24.0 Å². The molecule has 2 heterocycles. The first-order valence-corrected chi connectivity index (χ1v) is 10.7. The molecule has 1 aliphatic heterocycles. The van der Waals surface area contributed by atoms with Crippen molar-refractivity contribution in [3.63, 3.8) is 0 Å². The summed E-state index contributed by atoms with van der Waals surface area (Å²) < 4.78 is 11.6. The van der Waals surface area contributed by atoms with Gasteiger partial charge in [0, 0.05) is 26.7 Å². The summed E-state index contributed by atoms with van der Waals surface area (Å²) in [6.07, 6.45) is 12.3. The van der Waals surface area contributed by atoms with Gasteiger partial charge in [0.05, 0.1) is 18.4 Å². The molecule has 0 amide bonds. The minimum Gasteiger partial charge on any atom is -0.468 e. The standard InChI is InChI=1S/C21H36N4O2.HI/c1-22-21(23-12-8-16-26-18-9-3-4-10-18)24-17-19(20-11-7-15-27-20)25-13-5-2-6-14-25;/h7,11,15,18-19H,2-6,8-10,12-14,16-17H2,1H3,(H2,22,23,24);1H. The number of piperidine rings is 1.